The first-order valence-corrected chi connectivity index (χ1v) is 7.15. The van der Waals surface area contributed by atoms with E-state index in [-0.39, 0.29) is 0 Å². The monoisotopic (exact) mass is 292 g/mol. The highest BCUT2D eigenvalue weighted by Crippen LogP contribution is 2.34. The Balaban J connectivity index is 1.88. The van der Waals surface area contributed by atoms with Crippen LogP contribution in [-0.2, 0) is 17.8 Å². The maximum Gasteiger partial charge on any atom is 0.325 e. The van der Waals surface area contributed by atoms with E-state index in [1.165, 1.54) is 6.07 Å². The molecule has 3 rings (SSSR count). The van der Waals surface area contributed by atoms with E-state index in [1.54, 1.807) is 17.5 Å². The van der Waals surface area contributed by atoms with Gasteiger partial charge in [0, 0.05) is 24.2 Å². The summed E-state index contributed by atoms with van der Waals surface area (Å²) in [6.07, 6.45) is 3.55. The van der Waals surface area contributed by atoms with Crippen molar-refractivity contribution >= 4 is 17.3 Å². The van der Waals surface area contributed by atoms with Crippen molar-refractivity contribution in [1.82, 2.24) is 9.88 Å². The van der Waals surface area contributed by atoms with Crippen LogP contribution in [0.1, 0.15) is 22.0 Å². The molecule has 2 aromatic heterocycles. The van der Waals surface area contributed by atoms with Crippen molar-refractivity contribution < 1.29 is 14.3 Å². The Labute approximate surface area is 119 Å². The van der Waals surface area contributed by atoms with Crippen LogP contribution >= 0.6 is 11.3 Å². The molecule has 0 aromatic carbocycles. The van der Waals surface area contributed by atoms with Crippen molar-refractivity contribution in [3.05, 3.63) is 51.7 Å². The highest BCUT2D eigenvalue weighted by atomic mass is 32.1. The molecule has 0 spiro atoms. The summed E-state index contributed by atoms with van der Waals surface area (Å²) >= 11 is 1.59. The number of pyridine rings is 1. The molecule has 3 heterocycles. The maximum atomic E-state index is 13.2. The molecule has 1 atom stereocenters. The van der Waals surface area contributed by atoms with E-state index in [4.69, 9.17) is 0 Å². The van der Waals surface area contributed by atoms with E-state index in [9.17, 15) is 14.3 Å². The van der Waals surface area contributed by atoms with Gasteiger partial charge in [-0.15, -0.1) is 11.3 Å². The van der Waals surface area contributed by atoms with Crippen LogP contribution in [0.3, 0.4) is 0 Å². The average molecular weight is 292 g/mol. The number of carbonyl (C=O) groups is 1. The highest BCUT2D eigenvalue weighted by Gasteiger charge is 2.33. The van der Waals surface area contributed by atoms with Gasteiger partial charge in [0.25, 0.3) is 0 Å². The first-order valence-electron chi connectivity index (χ1n) is 6.27. The summed E-state index contributed by atoms with van der Waals surface area (Å²) in [6, 6.07) is 2.61. The molecule has 1 aliphatic rings. The van der Waals surface area contributed by atoms with Gasteiger partial charge in [-0.05, 0) is 35.1 Å². The molecule has 1 N–H and O–H groups in total. The van der Waals surface area contributed by atoms with E-state index in [0.717, 1.165) is 23.1 Å². The summed E-state index contributed by atoms with van der Waals surface area (Å²) in [7, 11) is 0. The van der Waals surface area contributed by atoms with Gasteiger partial charge < -0.3 is 5.11 Å². The van der Waals surface area contributed by atoms with Crippen LogP contribution in [0.5, 0.6) is 0 Å². The number of rotatable bonds is 3. The van der Waals surface area contributed by atoms with Crippen molar-refractivity contribution in [3.8, 4) is 0 Å². The third-order valence-electron chi connectivity index (χ3n) is 3.45. The van der Waals surface area contributed by atoms with Crippen LogP contribution in [0.25, 0.3) is 0 Å². The lowest BCUT2D eigenvalue weighted by Crippen LogP contribution is -2.38. The lowest BCUT2D eigenvalue weighted by molar-refractivity contribution is -0.144. The Bertz CT molecular complexity index is 644. The van der Waals surface area contributed by atoms with Crippen LogP contribution in [0.4, 0.5) is 4.39 Å². The van der Waals surface area contributed by atoms with Crippen LogP contribution in [0.15, 0.2) is 29.9 Å². The van der Waals surface area contributed by atoms with Crippen molar-refractivity contribution in [1.29, 1.82) is 0 Å². The van der Waals surface area contributed by atoms with Gasteiger partial charge in [-0.2, -0.15) is 0 Å². The molecule has 4 nitrogen and oxygen atoms in total. The van der Waals surface area contributed by atoms with E-state index >= 15 is 0 Å². The molecule has 0 saturated heterocycles. The Kier molecular flexibility index (Phi) is 3.50. The van der Waals surface area contributed by atoms with Gasteiger partial charge in [0.1, 0.15) is 11.9 Å². The molecule has 0 bridgehead atoms. The summed E-state index contributed by atoms with van der Waals surface area (Å²) in [5.74, 6) is -1.27. The summed E-state index contributed by atoms with van der Waals surface area (Å²) < 4.78 is 13.2. The van der Waals surface area contributed by atoms with E-state index in [2.05, 4.69) is 4.98 Å². The lowest BCUT2D eigenvalue weighted by Gasteiger charge is -2.33. The molecule has 0 aliphatic carbocycles. The van der Waals surface area contributed by atoms with Crippen LogP contribution < -0.4 is 0 Å². The van der Waals surface area contributed by atoms with E-state index in [0.29, 0.717) is 18.7 Å². The SMILES string of the molecule is O=C(O)C1c2ccsc2CCN1Cc1cncc(F)c1. The number of aromatic nitrogens is 1. The number of carboxylic acids is 1. The van der Waals surface area contributed by atoms with Gasteiger partial charge >= 0.3 is 5.97 Å². The standard InChI is InChI=1S/C14H13FN2O2S/c15-10-5-9(6-16-7-10)8-17-3-1-12-11(2-4-20-12)13(17)14(18)19/h2,4-7,13H,1,3,8H2,(H,18,19). The number of thiophene rings is 1. The van der Waals surface area contributed by atoms with Gasteiger partial charge in [0.2, 0.25) is 0 Å². The lowest BCUT2D eigenvalue weighted by atomic mass is 9.99. The Morgan fingerprint density at radius 2 is 2.40 bits per heavy atom. The highest BCUT2D eigenvalue weighted by molar-refractivity contribution is 7.10. The van der Waals surface area contributed by atoms with Gasteiger partial charge in [-0.25, -0.2) is 4.39 Å². The fourth-order valence-corrected chi connectivity index (χ4v) is 3.51. The Hall–Kier alpha value is -1.79. The molecular weight excluding hydrogens is 279 g/mol. The van der Waals surface area contributed by atoms with E-state index < -0.39 is 17.8 Å². The predicted molar refractivity (Wildman–Crippen MR) is 73.0 cm³/mol. The second-order valence-corrected chi connectivity index (χ2v) is 5.77. The molecule has 1 aliphatic heterocycles. The number of hydrogen-bond acceptors (Lipinski definition) is 4. The average Bonchev–Trinajstić information content (AvgIpc) is 2.86. The summed E-state index contributed by atoms with van der Waals surface area (Å²) in [5.41, 5.74) is 1.55. The van der Waals surface area contributed by atoms with Crippen LogP contribution in [-0.4, -0.2) is 27.5 Å². The molecule has 6 heteroatoms. The van der Waals surface area contributed by atoms with Gasteiger partial charge in [0.15, 0.2) is 0 Å². The number of carboxylic acid groups (broad SMARTS) is 1. The number of fused-ring (bicyclic) bond motifs is 1. The molecule has 0 radical (unpaired) electrons. The third kappa shape index (κ3) is 2.44. The fourth-order valence-electron chi connectivity index (χ4n) is 2.60. The quantitative estimate of drug-likeness (QED) is 0.944. The van der Waals surface area contributed by atoms with Crippen molar-refractivity contribution in [2.75, 3.05) is 6.54 Å². The van der Waals surface area contributed by atoms with Crippen molar-refractivity contribution in [2.24, 2.45) is 0 Å². The minimum atomic E-state index is -0.867. The predicted octanol–water partition coefficient (Wildman–Crippen LogP) is 2.47. The second-order valence-electron chi connectivity index (χ2n) is 4.77. The smallest absolute Gasteiger partial charge is 0.325 e. The normalized spacial score (nSPS) is 18.8. The zero-order valence-electron chi connectivity index (χ0n) is 10.6. The third-order valence-corrected chi connectivity index (χ3v) is 4.44. The van der Waals surface area contributed by atoms with Crippen molar-refractivity contribution in [2.45, 2.75) is 19.0 Å². The summed E-state index contributed by atoms with van der Waals surface area (Å²) in [6.45, 7) is 1.04. The minimum absolute atomic E-state index is 0.386. The summed E-state index contributed by atoms with van der Waals surface area (Å²) in [5, 5.41) is 11.4. The summed E-state index contributed by atoms with van der Waals surface area (Å²) in [4.78, 5) is 18.3. The molecular formula is C14H13FN2O2S. The first-order chi connectivity index (χ1) is 9.65. The van der Waals surface area contributed by atoms with E-state index in [1.807, 2.05) is 16.3 Å². The number of nitrogens with zero attached hydrogens (tertiary/aromatic N) is 2. The minimum Gasteiger partial charge on any atom is -0.480 e. The van der Waals surface area contributed by atoms with Crippen molar-refractivity contribution in [3.63, 3.8) is 0 Å². The Morgan fingerprint density at radius 1 is 1.55 bits per heavy atom. The molecule has 2 aromatic rings. The Morgan fingerprint density at radius 3 is 3.15 bits per heavy atom. The molecule has 1 unspecified atom stereocenters. The van der Waals surface area contributed by atoms with Crippen LogP contribution in [0, 0.1) is 5.82 Å². The number of aliphatic carboxylic acids is 1. The van der Waals surface area contributed by atoms with Gasteiger partial charge in [-0.1, -0.05) is 0 Å². The van der Waals surface area contributed by atoms with Gasteiger partial charge in [0.05, 0.1) is 6.20 Å². The molecule has 0 amide bonds. The molecule has 104 valence electrons. The molecule has 0 fully saturated rings. The number of hydrogen-bond donors (Lipinski definition) is 1. The fraction of sp³-hybridized carbons (Fsp3) is 0.286. The maximum absolute atomic E-state index is 13.2. The zero-order valence-corrected chi connectivity index (χ0v) is 11.4. The second kappa shape index (κ2) is 5.30. The number of halogens is 1. The first kappa shape index (κ1) is 13.2. The van der Waals surface area contributed by atoms with Gasteiger partial charge in [-0.3, -0.25) is 14.7 Å². The van der Waals surface area contributed by atoms with Crippen LogP contribution in [0.2, 0.25) is 0 Å². The largest absolute Gasteiger partial charge is 0.480 e. The molecule has 20 heavy (non-hydrogen) atoms. The molecule has 0 saturated carbocycles. The topological polar surface area (TPSA) is 53.4 Å². The zero-order chi connectivity index (χ0) is 14.1.